The van der Waals surface area contributed by atoms with Crippen LogP contribution in [-0.2, 0) is 12.8 Å². The smallest absolute Gasteiger partial charge is 0.274 e. The van der Waals surface area contributed by atoms with Gasteiger partial charge in [0, 0.05) is 24.7 Å². The molecule has 6 heteroatoms. The summed E-state index contributed by atoms with van der Waals surface area (Å²) in [5, 5.41) is 7.25. The lowest BCUT2D eigenvalue weighted by molar-refractivity contribution is 0.0757. The van der Waals surface area contributed by atoms with Gasteiger partial charge in [-0.05, 0) is 55.0 Å². The van der Waals surface area contributed by atoms with E-state index in [2.05, 4.69) is 10.2 Å². The van der Waals surface area contributed by atoms with Crippen molar-refractivity contribution in [3.63, 3.8) is 0 Å². The fourth-order valence-electron chi connectivity index (χ4n) is 3.47. The molecular formula is C19H23N3O3. The van der Waals surface area contributed by atoms with Crippen molar-refractivity contribution in [3.05, 3.63) is 40.7 Å². The zero-order valence-electron chi connectivity index (χ0n) is 14.7. The molecule has 0 spiro atoms. The van der Waals surface area contributed by atoms with Crippen LogP contribution in [0.4, 0.5) is 0 Å². The van der Waals surface area contributed by atoms with Gasteiger partial charge >= 0.3 is 0 Å². The maximum absolute atomic E-state index is 12.8. The van der Waals surface area contributed by atoms with E-state index in [9.17, 15) is 4.79 Å². The zero-order valence-corrected chi connectivity index (χ0v) is 14.7. The molecule has 1 N–H and O–H groups in total. The first kappa shape index (κ1) is 16.0. The number of hydrogen-bond acceptors (Lipinski definition) is 4. The van der Waals surface area contributed by atoms with E-state index in [1.165, 1.54) is 24.0 Å². The van der Waals surface area contributed by atoms with Crippen molar-refractivity contribution in [1.29, 1.82) is 0 Å². The highest BCUT2D eigenvalue weighted by molar-refractivity contribution is 5.92. The molecule has 4 rings (SSSR count). The molecule has 0 unspecified atom stereocenters. The Labute approximate surface area is 147 Å². The predicted molar refractivity (Wildman–Crippen MR) is 93.4 cm³/mol. The number of ether oxygens (including phenoxy) is 2. The van der Waals surface area contributed by atoms with Gasteiger partial charge in [0.1, 0.15) is 5.69 Å². The lowest BCUT2D eigenvalue weighted by Crippen LogP contribution is -2.33. The van der Waals surface area contributed by atoms with Crippen molar-refractivity contribution in [2.24, 2.45) is 0 Å². The van der Waals surface area contributed by atoms with Gasteiger partial charge in [-0.25, -0.2) is 0 Å². The predicted octanol–water partition coefficient (Wildman–Crippen LogP) is 2.55. The van der Waals surface area contributed by atoms with E-state index in [0.29, 0.717) is 24.7 Å². The summed E-state index contributed by atoms with van der Waals surface area (Å²) in [4.78, 5) is 14.7. The maximum atomic E-state index is 12.8. The quantitative estimate of drug-likeness (QED) is 0.928. The largest absolute Gasteiger partial charge is 0.493 e. The van der Waals surface area contributed by atoms with Gasteiger partial charge in [-0.3, -0.25) is 9.89 Å². The van der Waals surface area contributed by atoms with Crippen molar-refractivity contribution in [2.75, 3.05) is 27.3 Å². The van der Waals surface area contributed by atoms with Crippen LogP contribution in [0.15, 0.2) is 18.2 Å². The molecule has 0 bridgehead atoms. The fourth-order valence-corrected chi connectivity index (χ4v) is 3.47. The molecule has 6 nitrogen and oxygen atoms in total. The molecule has 1 aromatic carbocycles. The first-order chi connectivity index (χ1) is 12.2. The first-order valence-electron chi connectivity index (χ1n) is 8.78. The third-order valence-corrected chi connectivity index (χ3v) is 5.13. The van der Waals surface area contributed by atoms with Crippen LogP contribution in [0.3, 0.4) is 0 Å². The molecule has 0 atom stereocenters. The average Bonchev–Trinajstić information content (AvgIpc) is 3.41. The van der Waals surface area contributed by atoms with E-state index < -0.39 is 0 Å². The van der Waals surface area contributed by atoms with Crippen LogP contribution >= 0.6 is 0 Å². The number of aromatic amines is 1. The lowest BCUT2D eigenvalue weighted by Gasteiger charge is -2.18. The van der Waals surface area contributed by atoms with E-state index in [-0.39, 0.29) is 5.91 Å². The Morgan fingerprint density at radius 2 is 1.68 bits per heavy atom. The summed E-state index contributed by atoms with van der Waals surface area (Å²) in [5.74, 6) is 2.06. The van der Waals surface area contributed by atoms with Crippen molar-refractivity contribution >= 4 is 5.91 Å². The fraction of sp³-hybridized carbons (Fsp3) is 0.474. The maximum Gasteiger partial charge on any atom is 0.274 e. The van der Waals surface area contributed by atoms with E-state index in [1.54, 1.807) is 14.2 Å². The topological polar surface area (TPSA) is 67.5 Å². The number of aromatic nitrogens is 2. The lowest BCUT2D eigenvalue weighted by atomic mass is 10.0. The number of methoxy groups -OCH3 is 2. The third kappa shape index (κ3) is 3.08. The summed E-state index contributed by atoms with van der Waals surface area (Å²) in [7, 11) is 3.29. The van der Waals surface area contributed by atoms with Gasteiger partial charge in [-0.1, -0.05) is 0 Å². The normalized spacial score (nSPS) is 17.0. The number of carbonyl (C=O) groups is 1. The third-order valence-electron chi connectivity index (χ3n) is 5.13. The number of benzene rings is 1. The summed E-state index contributed by atoms with van der Waals surface area (Å²) in [6.07, 6.45) is 4.00. The van der Waals surface area contributed by atoms with Gasteiger partial charge in [0.25, 0.3) is 5.91 Å². The molecule has 1 fully saturated rings. The molecule has 1 amide bonds. The summed E-state index contributed by atoms with van der Waals surface area (Å²) < 4.78 is 10.8. The monoisotopic (exact) mass is 341 g/mol. The second-order valence-corrected chi connectivity index (χ2v) is 6.75. The van der Waals surface area contributed by atoms with Crippen molar-refractivity contribution in [2.45, 2.75) is 31.6 Å². The van der Waals surface area contributed by atoms with Gasteiger partial charge in [-0.15, -0.1) is 0 Å². The SMILES string of the molecule is COc1cc2c(cc1OC)CCN(C(=O)c1cc(C3CC3)[nH]n1)CC2. The molecule has 1 aliphatic carbocycles. The number of rotatable bonds is 4. The summed E-state index contributed by atoms with van der Waals surface area (Å²) >= 11 is 0. The minimum atomic E-state index is 0.00915. The van der Waals surface area contributed by atoms with Crippen LogP contribution in [0.2, 0.25) is 0 Å². The molecular weight excluding hydrogens is 318 g/mol. The van der Waals surface area contributed by atoms with Crippen molar-refractivity contribution in [3.8, 4) is 11.5 Å². The van der Waals surface area contributed by atoms with E-state index in [0.717, 1.165) is 30.0 Å². The summed E-state index contributed by atoms with van der Waals surface area (Å²) in [6, 6.07) is 5.98. The second-order valence-electron chi connectivity index (χ2n) is 6.75. The Morgan fingerprint density at radius 3 is 2.20 bits per heavy atom. The molecule has 1 aliphatic heterocycles. The number of fused-ring (bicyclic) bond motifs is 1. The standard InChI is InChI=1S/C19H23N3O3/c1-24-17-9-13-5-7-22(8-6-14(13)10-18(17)25-2)19(23)16-11-15(20-21-16)12-3-4-12/h9-12H,3-8H2,1-2H3,(H,20,21). The number of nitrogens with zero attached hydrogens (tertiary/aromatic N) is 2. The minimum absolute atomic E-state index is 0.00915. The first-order valence-corrected chi connectivity index (χ1v) is 8.78. The number of amides is 1. The molecule has 1 saturated carbocycles. The number of nitrogens with one attached hydrogen (secondary N) is 1. The molecule has 132 valence electrons. The van der Waals surface area contributed by atoms with Gasteiger partial charge in [0.15, 0.2) is 11.5 Å². The molecule has 0 radical (unpaired) electrons. The second kappa shape index (κ2) is 6.43. The average molecular weight is 341 g/mol. The van der Waals surface area contributed by atoms with Gasteiger partial charge in [0.05, 0.1) is 14.2 Å². The molecule has 0 saturated heterocycles. The Hall–Kier alpha value is -2.50. The van der Waals surface area contributed by atoms with Crippen LogP contribution in [-0.4, -0.2) is 48.3 Å². The molecule has 25 heavy (non-hydrogen) atoms. The summed E-state index contributed by atoms with van der Waals surface area (Å²) in [5.41, 5.74) is 4.06. The number of H-pyrrole nitrogens is 1. The molecule has 1 aromatic heterocycles. The van der Waals surface area contributed by atoms with Gasteiger partial charge < -0.3 is 14.4 Å². The summed E-state index contributed by atoms with van der Waals surface area (Å²) in [6.45, 7) is 1.37. The zero-order chi connectivity index (χ0) is 17.4. The van der Waals surface area contributed by atoms with E-state index >= 15 is 0 Å². The van der Waals surface area contributed by atoms with E-state index in [4.69, 9.17) is 9.47 Å². The molecule has 2 heterocycles. The Morgan fingerprint density at radius 1 is 1.08 bits per heavy atom. The van der Waals surface area contributed by atoms with Gasteiger partial charge in [0.2, 0.25) is 0 Å². The minimum Gasteiger partial charge on any atom is -0.493 e. The Balaban J connectivity index is 1.51. The number of carbonyl (C=O) groups excluding carboxylic acids is 1. The van der Waals surface area contributed by atoms with Crippen LogP contribution in [0.5, 0.6) is 11.5 Å². The van der Waals surface area contributed by atoms with Crippen molar-refractivity contribution < 1.29 is 14.3 Å². The molecule has 2 aromatic rings. The highest BCUT2D eigenvalue weighted by atomic mass is 16.5. The number of hydrogen-bond donors (Lipinski definition) is 1. The Bertz CT molecular complexity index is 760. The Kier molecular flexibility index (Phi) is 4.11. The van der Waals surface area contributed by atoms with E-state index in [1.807, 2.05) is 23.1 Å². The highest BCUT2D eigenvalue weighted by Gasteiger charge is 2.28. The molecule has 2 aliphatic rings. The van der Waals surface area contributed by atoms with Crippen molar-refractivity contribution in [1.82, 2.24) is 15.1 Å². The van der Waals surface area contributed by atoms with Crippen LogP contribution in [0.1, 0.15) is 46.1 Å². The van der Waals surface area contributed by atoms with Gasteiger partial charge in [-0.2, -0.15) is 5.10 Å². The van der Waals surface area contributed by atoms with Crippen LogP contribution in [0, 0.1) is 0 Å². The highest BCUT2D eigenvalue weighted by Crippen LogP contribution is 2.39. The van der Waals surface area contributed by atoms with Crippen LogP contribution in [0.25, 0.3) is 0 Å². The van der Waals surface area contributed by atoms with Crippen LogP contribution < -0.4 is 9.47 Å².